The Morgan fingerprint density at radius 3 is 2.22 bits per heavy atom. The number of hydrogen-bond acceptors (Lipinski definition) is 4. The van der Waals surface area contributed by atoms with Gasteiger partial charge < -0.3 is 10.2 Å². The van der Waals surface area contributed by atoms with Crippen molar-refractivity contribution >= 4 is 50.7 Å². The van der Waals surface area contributed by atoms with Crippen LogP contribution in [0.3, 0.4) is 0 Å². The van der Waals surface area contributed by atoms with Gasteiger partial charge in [-0.3, -0.25) is 13.9 Å². The number of nitrogens with one attached hydrogen (secondary N) is 1. The minimum Gasteiger partial charge on any atom is -0.355 e. The molecule has 7 nitrogen and oxygen atoms in total. The quantitative estimate of drug-likeness (QED) is 0.374. The molecule has 0 heterocycles. The predicted octanol–water partition coefficient (Wildman–Crippen LogP) is 5.05. The van der Waals surface area contributed by atoms with Gasteiger partial charge in [0.25, 0.3) is 0 Å². The van der Waals surface area contributed by atoms with Crippen LogP contribution in [0, 0.1) is 0 Å². The second-order valence-electron chi connectivity index (χ2n) is 8.53. The molecule has 198 valence electrons. The topological polar surface area (TPSA) is 86.8 Å². The third-order valence-electron chi connectivity index (χ3n) is 5.88. The summed E-state index contributed by atoms with van der Waals surface area (Å²) in [6.07, 6.45) is 2.78. The molecule has 0 aliphatic carbocycles. The zero-order chi connectivity index (χ0) is 26.9. The first-order valence-corrected chi connectivity index (χ1v) is 14.7. The monoisotopic (exact) mass is 555 g/mol. The van der Waals surface area contributed by atoms with Gasteiger partial charge in [-0.2, -0.15) is 0 Å². The first-order valence-electron chi connectivity index (χ1n) is 12.1. The highest BCUT2D eigenvalue weighted by molar-refractivity contribution is 7.92. The van der Waals surface area contributed by atoms with Crippen LogP contribution in [-0.4, -0.2) is 50.5 Å². The Morgan fingerprint density at radius 1 is 1.03 bits per heavy atom. The molecular weight excluding hydrogens is 521 g/mol. The van der Waals surface area contributed by atoms with E-state index >= 15 is 0 Å². The molecule has 2 aromatic carbocycles. The summed E-state index contributed by atoms with van der Waals surface area (Å²) in [7, 11) is -3.54. The summed E-state index contributed by atoms with van der Waals surface area (Å²) in [6.45, 7) is 6.42. The number of benzene rings is 2. The minimum absolute atomic E-state index is 0.0696. The third-order valence-corrected chi connectivity index (χ3v) is 7.66. The van der Waals surface area contributed by atoms with Crippen molar-refractivity contribution in [3.05, 3.63) is 63.6 Å². The van der Waals surface area contributed by atoms with Gasteiger partial charge >= 0.3 is 0 Å². The Kier molecular flexibility index (Phi) is 11.5. The molecule has 1 unspecified atom stereocenters. The van der Waals surface area contributed by atoms with E-state index in [1.165, 1.54) is 9.21 Å². The van der Waals surface area contributed by atoms with Crippen molar-refractivity contribution in [2.75, 3.05) is 23.7 Å². The molecule has 0 fully saturated rings. The van der Waals surface area contributed by atoms with Crippen LogP contribution in [-0.2, 0) is 32.6 Å². The lowest BCUT2D eigenvalue weighted by molar-refractivity contribution is -0.141. The van der Waals surface area contributed by atoms with Gasteiger partial charge in [-0.15, -0.1) is 0 Å². The van der Waals surface area contributed by atoms with Crippen LogP contribution in [0.4, 0.5) is 5.69 Å². The van der Waals surface area contributed by atoms with E-state index in [4.69, 9.17) is 23.2 Å². The van der Waals surface area contributed by atoms with E-state index in [0.29, 0.717) is 34.3 Å². The number of nitrogens with zero attached hydrogens (tertiary/aromatic N) is 2. The first-order chi connectivity index (χ1) is 17.0. The average molecular weight is 557 g/mol. The van der Waals surface area contributed by atoms with Gasteiger partial charge in [0.2, 0.25) is 21.8 Å². The summed E-state index contributed by atoms with van der Waals surface area (Å²) in [5, 5.41) is 3.68. The molecule has 1 atom stereocenters. The highest BCUT2D eigenvalue weighted by Gasteiger charge is 2.29. The molecule has 2 rings (SSSR count). The molecular formula is C26H35Cl2N3O4S. The molecule has 0 aliphatic heterocycles. The smallest absolute Gasteiger partial charge is 0.242 e. The number of aryl methyl sites for hydroxylation is 1. The van der Waals surface area contributed by atoms with Gasteiger partial charge in [0.15, 0.2) is 0 Å². The van der Waals surface area contributed by atoms with Crippen molar-refractivity contribution < 1.29 is 18.0 Å². The Bertz CT molecular complexity index is 1140. The zero-order valence-corrected chi connectivity index (χ0v) is 23.6. The molecule has 36 heavy (non-hydrogen) atoms. The van der Waals surface area contributed by atoms with Crippen molar-refractivity contribution in [3.8, 4) is 0 Å². The van der Waals surface area contributed by atoms with Crippen molar-refractivity contribution in [2.24, 2.45) is 0 Å². The minimum atomic E-state index is -3.54. The van der Waals surface area contributed by atoms with Crippen LogP contribution in [0.1, 0.15) is 51.2 Å². The first kappa shape index (κ1) is 29.9. The summed E-state index contributed by atoms with van der Waals surface area (Å²) in [6, 6.07) is 11.7. The summed E-state index contributed by atoms with van der Waals surface area (Å²) < 4.78 is 26.2. The number of hydrogen-bond donors (Lipinski definition) is 1. The maximum Gasteiger partial charge on any atom is 0.242 e. The van der Waals surface area contributed by atoms with E-state index in [1.807, 2.05) is 32.9 Å². The summed E-state index contributed by atoms with van der Waals surface area (Å²) in [5.41, 5.74) is 2.33. The number of sulfonamides is 1. The van der Waals surface area contributed by atoms with Gasteiger partial charge in [0.05, 0.1) is 11.9 Å². The Morgan fingerprint density at radius 2 is 1.69 bits per heavy atom. The van der Waals surface area contributed by atoms with Gasteiger partial charge in [-0.1, -0.05) is 55.2 Å². The summed E-state index contributed by atoms with van der Waals surface area (Å²) in [5.74, 6) is -0.499. The molecule has 2 aromatic rings. The Labute approximate surface area is 224 Å². The molecule has 0 saturated carbocycles. The SMILES string of the molecule is CCNC(=O)C(CC)N(Cc1ccc(Cl)cc1Cl)C(=O)CCCN(c1ccc(CC)cc1)S(C)(=O)=O. The Balaban J connectivity index is 2.22. The normalized spacial score (nSPS) is 12.2. The van der Waals surface area contributed by atoms with Crippen molar-refractivity contribution in [2.45, 2.75) is 59.0 Å². The van der Waals surface area contributed by atoms with Crippen molar-refractivity contribution in [3.63, 3.8) is 0 Å². The molecule has 1 N–H and O–H groups in total. The zero-order valence-electron chi connectivity index (χ0n) is 21.3. The van der Waals surface area contributed by atoms with Crippen LogP contribution in [0.25, 0.3) is 0 Å². The third kappa shape index (κ3) is 8.39. The van der Waals surface area contributed by atoms with Crippen LogP contribution < -0.4 is 9.62 Å². The maximum absolute atomic E-state index is 13.4. The van der Waals surface area contributed by atoms with Crippen molar-refractivity contribution in [1.29, 1.82) is 0 Å². The van der Waals surface area contributed by atoms with Crippen LogP contribution in [0.15, 0.2) is 42.5 Å². The van der Waals surface area contributed by atoms with Crippen LogP contribution >= 0.6 is 23.2 Å². The summed E-state index contributed by atoms with van der Waals surface area (Å²) >= 11 is 12.4. The number of amides is 2. The van der Waals surface area contributed by atoms with Crippen LogP contribution in [0.2, 0.25) is 10.0 Å². The van der Waals surface area contributed by atoms with E-state index in [1.54, 1.807) is 30.3 Å². The molecule has 0 saturated heterocycles. The molecule has 10 heteroatoms. The number of halogens is 2. The largest absolute Gasteiger partial charge is 0.355 e. The predicted molar refractivity (Wildman–Crippen MR) is 147 cm³/mol. The molecule has 0 aromatic heterocycles. The molecule has 0 radical (unpaired) electrons. The fourth-order valence-electron chi connectivity index (χ4n) is 3.95. The molecule has 0 bridgehead atoms. The Hall–Kier alpha value is -2.29. The lowest BCUT2D eigenvalue weighted by atomic mass is 10.1. The van der Waals surface area contributed by atoms with E-state index < -0.39 is 16.1 Å². The van der Waals surface area contributed by atoms with Gasteiger partial charge in [0.1, 0.15) is 6.04 Å². The highest BCUT2D eigenvalue weighted by Crippen LogP contribution is 2.25. The van der Waals surface area contributed by atoms with Gasteiger partial charge in [-0.25, -0.2) is 8.42 Å². The van der Waals surface area contributed by atoms with E-state index in [2.05, 4.69) is 5.32 Å². The average Bonchev–Trinajstić information content (AvgIpc) is 2.82. The second-order valence-corrected chi connectivity index (χ2v) is 11.3. The van der Waals surface area contributed by atoms with Crippen molar-refractivity contribution in [1.82, 2.24) is 10.2 Å². The van der Waals surface area contributed by atoms with E-state index in [-0.39, 0.29) is 37.7 Å². The molecule has 0 aliphatic rings. The van der Waals surface area contributed by atoms with E-state index in [0.717, 1.165) is 18.2 Å². The highest BCUT2D eigenvalue weighted by atomic mass is 35.5. The lowest BCUT2D eigenvalue weighted by Gasteiger charge is -2.31. The number of carbonyl (C=O) groups is 2. The number of likely N-dealkylation sites (N-methyl/N-ethyl adjacent to an activating group) is 1. The summed E-state index contributed by atoms with van der Waals surface area (Å²) in [4.78, 5) is 27.7. The van der Waals surface area contributed by atoms with Gasteiger partial charge in [-0.05, 0) is 61.6 Å². The lowest BCUT2D eigenvalue weighted by Crippen LogP contribution is -2.49. The number of anilines is 1. The number of rotatable bonds is 13. The van der Waals surface area contributed by atoms with E-state index in [9.17, 15) is 18.0 Å². The standard InChI is InChI=1S/C26H35Cl2N3O4S/c1-5-19-10-14-22(15-11-19)31(36(4,34)35)16-8-9-25(32)30(24(6-2)26(33)29-7-3)18-20-12-13-21(27)17-23(20)28/h10-15,17,24H,5-9,16,18H2,1-4H3,(H,29,33). The second kappa shape index (κ2) is 13.9. The fourth-order valence-corrected chi connectivity index (χ4v) is 5.38. The molecule has 0 spiro atoms. The maximum atomic E-state index is 13.4. The molecule has 2 amide bonds. The fraction of sp³-hybridized carbons (Fsp3) is 0.462. The van der Waals surface area contributed by atoms with Gasteiger partial charge in [0, 0.05) is 36.1 Å². The van der Waals surface area contributed by atoms with Crippen LogP contribution in [0.5, 0.6) is 0 Å². The number of carbonyl (C=O) groups excluding carboxylic acids is 2.